The Morgan fingerprint density at radius 3 is 2.77 bits per heavy atom. The van der Waals surface area contributed by atoms with Crippen molar-refractivity contribution < 1.29 is 9.59 Å². The monoisotopic (exact) mass is 431 g/mol. The summed E-state index contributed by atoms with van der Waals surface area (Å²) in [6.07, 6.45) is 1.54. The normalized spacial score (nSPS) is 17.4. The molecule has 2 aromatic heterocycles. The third kappa shape index (κ3) is 3.46. The minimum absolute atomic E-state index is 0.0778. The fourth-order valence-corrected chi connectivity index (χ4v) is 3.98. The van der Waals surface area contributed by atoms with Crippen molar-refractivity contribution in [2.45, 2.75) is 13.8 Å². The smallest absolute Gasteiger partial charge is 0.266 e. The Morgan fingerprint density at radius 1 is 1.13 bits per heavy atom. The largest absolute Gasteiger partial charge is 0.306 e. The summed E-state index contributed by atoms with van der Waals surface area (Å²) in [4.78, 5) is 34.5. The van der Waals surface area contributed by atoms with Crippen molar-refractivity contribution in [3.8, 4) is 0 Å². The Balaban J connectivity index is 1.51. The third-order valence-corrected chi connectivity index (χ3v) is 5.64. The highest BCUT2D eigenvalue weighted by Crippen LogP contribution is 2.26. The fraction of sp³-hybridized carbons (Fsp3) is 0.143. The number of aromatic nitrogens is 2. The highest BCUT2D eigenvalue weighted by Gasteiger charge is 2.37. The second-order valence-corrected chi connectivity index (χ2v) is 8.07. The zero-order chi connectivity index (χ0) is 21.5. The molecule has 31 heavy (non-hydrogen) atoms. The van der Waals surface area contributed by atoms with Crippen LogP contribution in [-0.2, 0) is 4.79 Å². The van der Waals surface area contributed by atoms with Gasteiger partial charge in [-0.2, -0.15) is 24.9 Å². The van der Waals surface area contributed by atoms with Crippen LogP contribution in [-0.4, -0.2) is 39.6 Å². The summed E-state index contributed by atoms with van der Waals surface area (Å²) >= 11 is 1.33. The molecule has 2 aliphatic rings. The predicted octanol–water partition coefficient (Wildman–Crippen LogP) is 3.08. The van der Waals surface area contributed by atoms with E-state index in [1.54, 1.807) is 30.1 Å². The molecule has 0 spiro atoms. The van der Waals surface area contributed by atoms with Gasteiger partial charge in [0, 0.05) is 12.3 Å². The molecule has 9 nitrogen and oxygen atoms in total. The van der Waals surface area contributed by atoms with Crippen LogP contribution in [0.2, 0.25) is 0 Å². The van der Waals surface area contributed by atoms with Crippen LogP contribution in [0.1, 0.15) is 20.9 Å². The van der Waals surface area contributed by atoms with Gasteiger partial charge in [-0.25, -0.2) is 5.01 Å². The van der Waals surface area contributed by atoms with E-state index in [4.69, 9.17) is 0 Å². The number of carbonyl (C=O) groups excluding carboxylic acids is 2. The van der Waals surface area contributed by atoms with Crippen molar-refractivity contribution in [1.29, 1.82) is 0 Å². The van der Waals surface area contributed by atoms with E-state index in [0.29, 0.717) is 22.2 Å². The van der Waals surface area contributed by atoms with Crippen LogP contribution < -0.4 is 10.3 Å². The maximum Gasteiger partial charge on any atom is 0.266 e. The number of benzene rings is 1. The SMILES string of the molecule is Cc1cccc(N2N=CC3C(=O)N=C(n4nc(C)cc4NC(=O)c4cccs4)N=C32)c1. The molecule has 1 aromatic carbocycles. The van der Waals surface area contributed by atoms with Crippen LogP contribution in [0.4, 0.5) is 11.5 Å². The maximum atomic E-state index is 12.7. The van der Waals surface area contributed by atoms with Gasteiger partial charge in [-0.15, -0.1) is 11.3 Å². The summed E-state index contributed by atoms with van der Waals surface area (Å²) in [6, 6.07) is 13.0. The summed E-state index contributed by atoms with van der Waals surface area (Å²) in [6.45, 7) is 3.77. The molecule has 3 aromatic rings. The topological polar surface area (TPSA) is 104 Å². The quantitative estimate of drug-likeness (QED) is 0.688. The van der Waals surface area contributed by atoms with E-state index in [9.17, 15) is 9.59 Å². The number of rotatable bonds is 3. The number of hydrogen-bond donors (Lipinski definition) is 1. The molecule has 0 saturated carbocycles. The Morgan fingerprint density at radius 2 is 2.00 bits per heavy atom. The Bertz CT molecular complexity index is 1290. The first kappa shape index (κ1) is 19.1. The van der Waals surface area contributed by atoms with Gasteiger partial charge >= 0.3 is 0 Å². The second-order valence-electron chi connectivity index (χ2n) is 7.13. The summed E-state index contributed by atoms with van der Waals surface area (Å²) in [5, 5.41) is 15.0. The van der Waals surface area contributed by atoms with Gasteiger partial charge in [-0.1, -0.05) is 18.2 Å². The maximum absolute atomic E-state index is 12.7. The van der Waals surface area contributed by atoms with Crippen LogP contribution >= 0.6 is 11.3 Å². The van der Waals surface area contributed by atoms with Crippen molar-refractivity contribution in [3.05, 3.63) is 64.0 Å². The molecule has 1 unspecified atom stereocenters. The summed E-state index contributed by atoms with van der Waals surface area (Å²) < 4.78 is 1.37. The number of fused-ring (bicyclic) bond motifs is 1. The average Bonchev–Trinajstić information content (AvgIpc) is 3.47. The molecular weight excluding hydrogens is 414 g/mol. The first-order valence-electron chi connectivity index (χ1n) is 9.53. The van der Waals surface area contributed by atoms with Crippen LogP contribution in [0.3, 0.4) is 0 Å². The number of aliphatic imine (C=N–C) groups is 2. The molecule has 5 rings (SSSR count). The molecule has 2 aliphatic heterocycles. The van der Waals surface area contributed by atoms with Gasteiger partial charge < -0.3 is 5.32 Å². The number of thiophene rings is 1. The first-order valence-corrected chi connectivity index (χ1v) is 10.4. The number of nitrogens with one attached hydrogen (secondary N) is 1. The zero-order valence-corrected chi connectivity index (χ0v) is 17.5. The average molecular weight is 431 g/mol. The number of hydrogen-bond acceptors (Lipinski definition) is 7. The minimum atomic E-state index is -0.648. The summed E-state index contributed by atoms with van der Waals surface area (Å²) in [5.41, 5.74) is 2.51. The summed E-state index contributed by atoms with van der Waals surface area (Å²) in [7, 11) is 0. The lowest BCUT2D eigenvalue weighted by Crippen LogP contribution is -2.36. The molecule has 4 heterocycles. The van der Waals surface area contributed by atoms with Crippen LogP contribution in [0.5, 0.6) is 0 Å². The fourth-order valence-electron chi connectivity index (χ4n) is 3.36. The third-order valence-electron chi connectivity index (χ3n) is 4.77. The van der Waals surface area contributed by atoms with Gasteiger partial charge in [0.2, 0.25) is 0 Å². The van der Waals surface area contributed by atoms with Crippen molar-refractivity contribution in [2.75, 3.05) is 10.3 Å². The lowest BCUT2D eigenvalue weighted by Gasteiger charge is -2.21. The first-order chi connectivity index (χ1) is 15.0. The number of nitrogens with zero attached hydrogens (tertiary/aromatic N) is 6. The lowest BCUT2D eigenvalue weighted by atomic mass is 10.1. The standard InChI is InChI=1S/C21H17N7O2S/c1-12-5-3-6-14(9-12)27-18-15(11-22-27)19(29)25-21(24-18)28-17(10-13(2)26-28)23-20(30)16-7-4-8-31-16/h3-11,15H,1-2H3,(H,23,30). The molecule has 154 valence electrons. The molecule has 0 bridgehead atoms. The van der Waals surface area contributed by atoms with E-state index in [-0.39, 0.29) is 17.8 Å². The van der Waals surface area contributed by atoms with Crippen LogP contribution in [0.15, 0.2) is 62.9 Å². The Kier molecular flexibility index (Phi) is 4.55. The van der Waals surface area contributed by atoms with Crippen LogP contribution in [0, 0.1) is 19.8 Å². The lowest BCUT2D eigenvalue weighted by molar-refractivity contribution is -0.118. The van der Waals surface area contributed by atoms with E-state index < -0.39 is 5.92 Å². The minimum Gasteiger partial charge on any atom is -0.306 e. The molecule has 0 radical (unpaired) electrons. The number of anilines is 2. The Hall–Kier alpha value is -3.92. The highest BCUT2D eigenvalue weighted by atomic mass is 32.1. The molecule has 0 fully saturated rings. The molecule has 0 saturated heterocycles. The Labute approximate surface area is 181 Å². The number of aryl methyl sites for hydroxylation is 2. The van der Waals surface area contributed by atoms with Crippen molar-refractivity contribution in [1.82, 2.24) is 9.78 Å². The number of hydrazone groups is 1. The molecule has 0 aliphatic carbocycles. The molecule has 1 N–H and O–H groups in total. The predicted molar refractivity (Wildman–Crippen MR) is 120 cm³/mol. The number of amides is 2. The second kappa shape index (κ2) is 7.40. The van der Waals surface area contributed by atoms with E-state index in [1.807, 2.05) is 36.6 Å². The number of carbonyl (C=O) groups is 2. The van der Waals surface area contributed by atoms with Gasteiger partial charge in [0.1, 0.15) is 11.7 Å². The summed E-state index contributed by atoms with van der Waals surface area (Å²) in [5.74, 6) is -0.396. The van der Waals surface area contributed by atoms with Crippen molar-refractivity contribution in [3.63, 3.8) is 0 Å². The van der Waals surface area contributed by atoms with Gasteiger partial charge in [0.05, 0.1) is 16.3 Å². The molecule has 1 atom stereocenters. The molecular formula is C21H17N7O2S. The van der Waals surface area contributed by atoms with E-state index in [0.717, 1.165) is 11.3 Å². The van der Waals surface area contributed by atoms with Crippen LogP contribution in [0.25, 0.3) is 0 Å². The van der Waals surface area contributed by atoms with Gasteiger partial charge in [-0.05, 0) is 43.0 Å². The molecule has 10 heteroatoms. The van der Waals surface area contributed by atoms with Crippen molar-refractivity contribution in [2.24, 2.45) is 21.0 Å². The number of amidine groups is 1. The zero-order valence-electron chi connectivity index (χ0n) is 16.7. The van der Waals surface area contributed by atoms with Gasteiger partial charge in [0.15, 0.2) is 5.84 Å². The van der Waals surface area contributed by atoms with E-state index in [1.165, 1.54) is 22.2 Å². The van der Waals surface area contributed by atoms with Crippen molar-refractivity contribution >= 4 is 52.7 Å². The molecule has 2 amide bonds. The van der Waals surface area contributed by atoms with Gasteiger partial charge in [0.25, 0.3) is 17.8 Å². The van der Waals surface area contributed by atoms with Gasteiger partial charge in [-0.3, -0.25) is 9.59 Å². The highest BCUT2D eigenvalue weighted by molar-refractivity contribution is 7.12. The van der Waals surface area contributed by atoms with E-state index in [2.05, 4.69) is 25.5 Å². The van der Waals surface area contributed by atoms with E-state index >= 15 is 0 Å².